The van der Waals surface area contributed by atoms with E-state index in [1.165, 1.54) is 6.26 Å². The Labute approximate surface area is 187 Å². The summed E-state index contributed by atoms with van der Waals surface area (Å²) in [7, 11) is 0. The molecule has 1 aliphatic rings. The first-order valence-electron chi connectivity index (χ1n) is 10.9. The molecule has 4 rings (SSSR count). The molecule has 1 fully saturated rings. The molecule has 2 atom stereocenters. The summed E-state index contributed by atoms with van der Waals surface area (Å²) in [5.41, 5.74) is 3.06. The zero-order valence-electron chi connectivity index (χ0n) is 18.4. The maximum Gasteiger partial charge on any atom is 0.276 e. The van der Waals surface area contributed by atoms with E-state index in [2.05, 4.69) is 22.5 Å². The van der Waals surface area contributed by atoms with Crippen molar-refractivity contribution < 1.29 is 14.0 Å². The average molecular weight is 433 g/mol. The minimum atomic E-state index is -0.112. The van der Waals surface area contributed by atoms with Crippen LogP contribution in [0.4, 0.5) is 0 Å². The van der Waals surface area contributed by atoms with Gasteiger partial charge in [-0.15, -0.1) is 0 Å². The van der Waals surface area contributed by atoms with Crippen LogP contribution in [0.15, 0.2) is 65.3 Å². The highest BCUT2D eigenvalue weighted by Gasteiger charge is 2.29. The lowest BCUT2D eigenvalue weighted by Crippen LogP contribution is -2.56. The van der Waals surface area contributed by atoms with Crippen molar-refractivity contribution in [2.24, 2.45) is 0 Å². The molecule has 166 valence electrons. The number of rotatable bonds is 6. The molecule has 0 radical (unpaired) electrons. The van der Waals surface area contributed by atoms with Gasteiger partial charge in [0.2, 0.25) is 11.8 Å². The van der Waals surface area contributed by atoms with Crippen LogP contribution in [0.25, 0.3) is 11.5 Å². The lowest BCUT2D eigenvalue weighted by Gasteiger charge is -2.37. The minimum Gasteiger partial charge on any atom is -0.444 e. The molecule has 0 saturated carbocycles. The van der Waals surface area contributed by atoms with Crippen LogP contribution >= 0.6 is 0 Å². The molecule has 0 unspecified atom stereocenters. The van der Waals surface area contributed by atoms with Gasteiger partial charge in [-0.3, -0.25) is 9.59 Å². The van der Waals surface area contributed by atoms with Gasteiger partial charge in [-0.1, -0.05) is 42.5 Å². The van der Waals surface area contributed by atoms with Crippen LogP contribution in [0.3, 0.4) is 0 Å². The number of benzene rings is 2. The lowest BCUT2D eigenvalue weighted by molar-refractivity contribution is -0.120. The van der Waals surface area contributed by atoms with Gasteiger partial charge in [0.1, 0.15) is 6.26 Å². The Bertz CT molecular complexity index is 1060. The van der Waals surface area contributed by atoms with Gasteiger partial charge in [-0.05, 0) is 37.1 Å². The maximum atomic E-state index is 12.9. The van der Waals surface area contributed by atoms with Gasteiger partial charge in [0.25, 0.3) is 5.91 Å². The van der Waals surface area contributed by atoms with E-state index in [4.69, 9.17) is 4.42 Å². The number of carbonyl (C=O) groups excluding carboxylic acids is 2. The molecular weight excluding hydrogens is 404 g/mol. The SMILES string of the molecule is C[C@@H]1CN(C(=O)c2coc(-c3ccc(CNC(=O)Cc4ccccc4)cc3)n2)[C@@H](C)CN1. The molecule has 7 heteroatoms. The summed E-state index contributed by atoms with van der Waals surface area (Å²) >= 11 is 0. The van der Waals surface area contributed by atoms with E-state index in [9.17, 15) is 9.59 Å². The van der Waals surface area contributed by atoms with E-state index in [0.717, 1.165) is 23.2 Å². The number of amides is 2. The molecule has 1 aromatic heterocycles. The summed E-state index contributed by atoms with van der Waals surface area (Å²) in [5, 5.41) is 6.31. The molecule has 2 amide bonds. The predicted octanol–water partition coefficient (Wildman–Crippen LogP) is 3.02. The topological polar surface area (TPSA) is 87.5 Å². The normalized spacial score (nSPS) is 18.4. The van der Waals surface area contributed by atoms with Crippen molar-refractivity contribution in [3.63, 3.8) is 0 Å². The van der Waals surface area contributed by atoms with Crippen molar-refractivity contribution in [1.29, 1.82) is 0 Å². The summed E-state index contributed by atoms with van der Waals surface area (Å²) < 4.78 is 5.59. The van der Waals surface area contributed by atoms with Crippen LogP contribution in [-0.2, 0) is 17.8 Å². The smallest absolute Gasteiger partial charge is 0.276 e. The monoisotopic (exact) mass is 432 g/mol. The van der Waals surface area contributed by atoms with Crippen LogP contribution in [0.2, 0.25) is 0 Å². The van der Waals surface area contributed by atoms with Crippen molar-refractivity contribution in [3.8, 4) is 11.5 Å². The number of hydrogen-bond donors (Lipinski definition) is 2. The Kier molecular flexibility index (Phi) is 6.66. The highest BCUT2D eigenvalue weighted by atomic mass is 16.3. The molecule has 2 heterocycles. The number of aromatic nitrogens is 1. The van der Waals surface area contributed by atoms with Crippen molar-refractivity contribution in [2.45, 2.75) is 38.9 Å². The van der Waals surface area contributed by atoms with E-state index >= 15 is 0 Å². The van der Waals surface area contributed by atoms with Gasteiger partial charge >= 0.3 is 0 Å². The van der Waals surface area contributed by atoms with Crippen molar-refractivity contribution in [1.82, 2.24) is 20.5 Å². The quantitative estimate of drug-likeness (QED) is 0.625. The molecule has 1 saturated heterocycles. The third kappa shape index (κ3) is 5.23. The molecule has 1 aliphatic heterocycles. The Hall–Kier alpha value is -3.45. The third-order valence-electron chi connectivity index (χ3n) is 5.65. The van der Waals surface area contributed by atoms with E-state index in [0.29, 0.717) is 31.1 Å². The fourth-order valence-electron chi connectivity index (χ4n) is 3.77. The predicted molar refractivity (Wildman–Crippen MR) is 122 cm³/mol. The van der Waals surface area contributed by atoms with Gasteiger partial charge in [0, 0.05) is 37.3 Å². The third-order valence-corrected chi connectivity index (χ3v) is 5.65. The van der Waals surface area contributed by atoms with Crippen molar-refractivity contribution in [3.05, 3.63) is 77.7 Å². The van der Waals surface area contributed by atoms with Gasteiger partial charge < -0.3 is 20.0 Å². The average Bonchev–Trinajstić information content (AvgIpc) is 3.30. The van der Waals surface area contributed by atoms with Crippen molar-refractivity contribution in [2.75, 3.05) is 13.1 Å². The van der Waals surface area contributed by atoms with E-state index < -0.39 is 0 Å². The van der Waals surface area contributed by atoms with Crippen LogP contribution in [0.1, 0.15) is 35.5 Å². The minimum absolute atomic E-state index is 0.0207. The Morgan fingerprint density at radius 1 is 1.09 bits per heavy atom. The summed E-state index contributed by atoms with van der Waals surface area (Å²) in [5.74, 6) is 0.273. The number of carbonyl (C=O) groups is 2. The molecule has 0 bridgehead atoms. The highest BCUT2D eigenvalue weighted by molar-refractivity contribution is 5.92. The van der Waals surface area contributed by atoms with Crippen LogP contribution in [-0.4, -0.2) is 46.9 Å². The number of oxazole rings is 1. The second-order valence-corrected chi connectivity index (χ2v) is 8.29. The van der Waals surface area contributed by atoms with Crippen LogP contribution < -0.4 is 10.6 Å². The Morgan fingerprint density at radius 2 is 1.84 bits per heavy atom. The van der Waals surface area contributed by atoms with E-state index in [1.807, 2.05) is 66.4 Å². The highest BCUT2D eigenvalue weighted by Crippen LogP contribution is 2.21. The summed E-state index contributed by atoms with van der Waals surface area (Å²) in [6, 6.07) is 17.6. The summed E-state index contributed by atoms with van der Waals surface area (Å²) in [6.07, 6.45) is 1.78. The first kappa shape index (κ1) is 21.8. The molecule has 3 aromatic rings. The van der Waals surface area contributed by atoms with Gasteiger partial charge in [-0.25, -0.2) is 4.98 Å². The Balaban J connectivity index is 1.34. The van der Waals surface area contributed by atoms with Crippen LogP contribution in [0, 0.1) is 0 Å². The number of nitrogens with zero attached hydrogens (tertiary/aromatic N) is 2. The first-order chi connectivity index (χ1) is 15.5. The number of hydrogen-bond acceptors (Lipinski definition) is 5. The number of nitrogens with one attached hydrogen (secondary N) is 2. The molecule has 7 nitrogen and oxygen atoms in total. The molecule has 2 aromatic carbocycles. The lowest BCUT2D eigenvalue weighted by atomic mass is 10.1. The zero-order valence-corrected chi connectivity index (χ0v) is 18.4. The van der Waals surface area contributed by atoms with E-state index in [1.54, 1.807) is 0 Å². The fourth-order valence-corrected chi connectivity index (χ4v) is 3.77. The molecule has 0 aliphatic carbocycles. The maximum absolute atomic E-state index is 12.9. The second kappa shape index (κ2) is 9.78. The molecule has 0 spiro atoms. The summed E-state index contributed by atoms with van der Waals surface area (Å²) in [6.45, 7) is 5.94. The molecule has 32 heavy (non-hydrogen) atoms. The molecule has 2 N–H and O–H groups in total. The Morgan fingerprint density at radius 3 is 2.59 bits per heavy atom. The van der Waals surface area contributed by atoms with Gasteiger partial charge in [0.15, 0.2) is 5.69 Å². The zero-order chi connectivity index (χ0) is 22.5. The van der Waals surface area contributed by atoms with Crippen LogP contribution in [0.5, 0.6) is 0 Å². The van der Waals surface area contributed by atoms with Gasteiger partial charge in [0.05, 0.1) is 6.42 Å². The largest absolute Gasteiger partial charge is 0.444 e. The van der Waals surface area contributed by atoms with Gasteiger partial charge in [-0.2, -0.15) is 0 Å². The first-order valence-corrected chi connectivity index (χ1v) is 10.9. The van der Waals surface area contributed by atoms with E-state index in [-0.39, 0.29) is 23.9 Å². The summed E-state index contributed by atoms with van der Waals surface area (Å²) in [4.78, 5) is 31.3. The molecular formula is C25H28N4O3. The van der Waals surface area contributed by atoms with Crippen molar-refractivity contribution >= 4 is 11.8 Å². The fraction of sp³-hybridized carbons (Fsp3) is 0.320. The second-order valence-electron chi connectivity index (χ2n) is 8.29. The number of piperazine rings is 1. The standard InChI is InChI=1S/C25H28N4O3/c1-17-15-29(18(2)13-26-17)25(31)22-16-32-24(28-22)21-10-8-20(9-11-21)14-27-23(30)12-19-6-4-3-5-7-19/h3-11,16-18,26H,12-15H2,1-2H3,(H,27,30)/t17-,18+/m1/s1.